The van der Waals surface area contributed by atoms with Gasteiger partial charge in [0, 0.05) is 13.1 Å². The van der Waals surface area contributed by atoms with Gasteiger partial charge in [-0.2, -0.15) is 0 Å². The molecule has 0 heterocycles. The zero-order valence-corrected chi connectivity index (χ0v) is 14.0. The minimum atomic E-state index is -0.339. The number of ether oxygens (including phenoxy) is 1. The first-order valence-electron chi connectivity index (χ1n) is 6.84. The quantitative estimate of drug-likeness (QED) is 0.766. The minimum Gasteiger partial charge on any atom is -0.496 e. The molecule has 0 bridgehead atoms. The van der Waals surface area contributed by atoms with Crippen molar-refractivity contribution in [3.8, 4) is 5.75 Å². The van der Waals surface area contributed by atoms with Crippen LogP contribution < -0.4 is 15.8 Å². The first-order valence-corrected chi connectivity index (χ1v) is 6.84. The smallest absolute Gasteiger partial charge is 0.241 e. The van der Waals surface area contributed by atoms with E-state index in [1.54, 1.807) is 19.1 Å². The van der Waals surface area contributed by atoms with Crippen LogP contribution in [0.5, 0.6) is 5.75 Å². The molecule has 124 valence electrons. The van der Waals surface area contributed by atoms with E-state index in [2.05, 4.69) is 5.32 Å². The number of methoxy groups -OCH3 is 1. The van der Waals surface area contributed by atoms with Crippen LogP contribution in [0.3, 0.4) is 0 Å². The third-order valence-electron chi connectivity index (χ3n) is 3.38. The Morgan fingerprint density at radius 1 is 1.36 bits per heavy atom. The second kappa shape index (κ2) is 10.0. The largest absolute Gasteiger partial charge is 0.496 e. The van der Waals surface area contributed by atoms with E-state index in [4.69, 9.17) is 10.5 Å². The number of halogens is 1. The number of nitrogens with zero attached hydrogens (tertiary/aromatic N) is 1. The second-order valence-electron chi connectivity index (χ2n) is 4.85. The summed E-state index contributed by atoms with van der Waals surface area (Å²) < 4.78 is 5.31. The van der Waals surface area contributed by atoms with E-state index in [0.717, 1.165) is 11.3 Å². The summed E-state index contributed by atoms with van der Waals surface area (Å²) in [6.07, 6.45) is 0.678. The molecule has 1 rings (SSSR count). The summed E-state index contributed by atoms with van der Waals surface area (Å²) >= 11 is 0. The lowest BCUT2D eigenvalue weighted by Crippen LogP contribution is -2.44. The topological polar surface area (TPSA) is 84.7 Å². The Labute approximate surface area is 137 Å². The Bertz CT molecular complexity index is 497. The standard InChI is InChI=1S/C15H23N3O3.ClH/c1-11(8-12-6-4-5-7-13(12)21-3)18(2)15(20)10-17-14(19)9-16;/h4-7,11H,8-10,16H2,1-3H3,(H,17,19);1H. The number of nitrogens with two attached hydrogens (primary N) is 1. The van der Waals surface area contributed by atoms with Crippen LogP contribution in [-0.2, 0) is 16.0 Å². The Morgan fingerprint density at radius 2 is 2.00 bits per heavy atom. The predicted octanol–water partition coefficient (Wildman–Crippen LogP) is 0.581. The summed E-state index contributed by atoms with van der Waals surface area (Å²) in [7, 11) is 3.34. The maximum absolute atomic E-state index is 12.0. The van der Waals surface area contributed by atoms with Crippen LogP contribution in [0.25, 0.3) is 0 Å². The highest BCUT2D eigenvalue weighted by atomic mass is 35.5. The molecule has 1 aromatic carbocycles. The van der Waals surface area contributed by atoms with Gasteiger partial charge in [0.25, 0.3) is 0 Å². The van der Waals surface area contributed by atoms with Gasteiger partial charge in [0.05, 0.1) is 20.2 Å². The number of amides is 2. The fraction of sp³-hybridized carbons (Fsp3) is 0.467. The highest BCUT2D eigenvalue weighted by Crippen LogP contribution is 2.20. The van der Waals surface area contributed by atoms with Gasteiger partial charge in [0.1, 0.15) is 5.75 Å². The molecular weight excluding hydrogens is 306 g/mol. The maximum atomic E-state index is 12.0. The van der Waals surface area contributed by atoms with Crippen molar-refractivity contribution < 1.29 is 14.3 Å². The van der Waals surface area contributed by atoms with E-state index < -0.39 is 0 Å². The summed E-state index contributed by atoms with van der Waals surface area (Å²) in [5.41, 5.74) is 6.22. The van der Waals surface area contributed by atoms with Gasteiger partial charge in [-0.15, -0.1) is 12.4 Å². The maximum Gasteiger partial charge on any atom is 0.241 e. The lowest BCUT2D eigenvalue weighted by atomic mass is 10.1. The third kappa shape index (κ3) is 5.91. The predicted molar refractivity (Wildman–Crippen MR) is 88.2 cm³/mol. The van der Waals surface area contributed by atoms with Crippen LogP contribution in [0.2, 0.25) is 0 Å². The van der Waals surface area contributed by atoms with Crippen LogP contribution in [0.15, 0.2) is 24.3 Å². The lowest BCUT2D eigenvalue weighted by Gasteiger charge is -2.25. The summed E-state index contributed by atoms with van der Waals surface area (Å²) in [5, 5.41) is 2.47. The molecule has 1 aromatic rings. The number of carbonyl (C=O) groups is 2. The van der Waals surface area contributed by atoms with Gasteiger partial charge in [-0.1, -0.05) is 18.2 Å². The molecule has 0 spiro atoms. The minimum absolute atomic E-state index is 0. The molecule has 0 aliphatic rings. The highest BCUT2D eigenvalue weighted by Gasteiger charge is 2.17. The van der Waals surface area contributed by atoms with Crippen LogP contribution in [-0.4, -0.2) is 50.0 Å². The van der Waals surface area contributed by atoms with Crippen molar-refractivity contribution in [3.05, 3.63) is 29.8 Å². The first-order chi connectivity index (χ1) is 9.99. The third-order valence-corrected chi connectivity index (χ3v) is 3.38. The molecule has 0 aromatic heterocycles. The van der Waals surface area contributed by atoms with Gasteiger partial charge in [-0.3, -0.25) is 9.59 Å². The summed E-state index contributed by atoms with van der Waals surface area (Å²) in [5.74, 6) is 0.315. The Hall–Kier alpha value is -1.79. The summed E-state index contributed by atoms with van der Waals surface area (Å²) in [4.78, 5) is 24.7. The lowest BCUT2D eigenvalue weighted by molar-refractivity contribution is -0.133. The number of likely N-dealkylation sites (N-methyl/N-ethyl adjacent to an activating group) is 1. The van der Waals surface area contributed by atoms with Crippen LogP contribution >= 0.6 is 12.4 Å². The van der Waals surface area contributed by atoms with E-state index in [-0.39, 0.29) is 43.4 Å². The fourth-order valence-electron chi connectivity index (χ4n) is 1.94. The molecule has 0 saturated heterocycles. The van der Waals surface area contributed by atoms with Crippen LogP contribution in [0, 0.1) is 0 Å². The molecule has 0 radical (unpaired) electrons. The molecule has 0 aliphatic carbocycles. The summed E-state index contributed by atoms with van der Waals surface area (Å²) in [6.45, 7) is 1.80. The number of hydrogen-bond donors (Lipinski definition) is 2. The number of nitrogens with one attached hydrogen (secondary N) is 1. The average Bonchev–Trinajstić information content (AvgIpc) is 2.51. The van der Waals surface area contributed by atoms with E-state index >= 15 is 0 Å². The van der Waals surface area contributed by atoms with E-state index in [1.807, 2.05) is 31.2 Å². The van der Waals surface area contributed by atoms with Crippen molar-refractivity contribution in [2.75, 3.05) is 27.2 Å². The average molecular weight is 330 g/mol. The SMILES string of the molecule is COc1ccccc1CC(C)N(C)C(=O)CNC(=O)CN.Cl. The van der Waals surface area contributed by atoms with Crippen molar-refractivity contribution in [1.82, 2.24) is 10.2 Å². The first kappa shape index (κ1) is 20.2. The van der Waals surface area contributed by atoms with Gasteiger partial charge in [0.15, 0.2) is 0 Å². The normalized spacial score (nSPS) is 11.1. The molecule has 7 heteroatoms. The van der Waals surface area contributed by atoms with Crippen molar-refractivity contribution >= 4 is 24.2 Å². The van der Waals surface area contributed by atoms with E-state index in [9.17, 15) is 9.59 Å². The van der Waals surface area contributed by atoms with Crippen molar-refractivity contribution in [2.24, 2.45) is 5.73 Å². The second-order valence-corrected chi connectivity index (χ2v) is 4.85. The zero-order valence-electron chi connectivity index (χ0n) is 13.2. The molecule has 0 aliphatic heterocycles. The van der Waals surface area contributed by atoms with Crippen molar-refractivity contribution in [1.29, 1.82) is 0 Å². The van der Waals surface area contributed by atoms with Crippen LogP contribution in [0.1, 0.15) is 12.5 Å². The highest BCUT2D eigenvalue weighted by molar-refractivity contribution is 5.85. The molecule has 6 nitrogen and oxygen atoms in total. The molecule has 3 N–H and O–H groups in total. The van der Waals surface area contributed by atoms with E-state index in [1.165, 1.54) is 0 Å². The van der Waals surface area contributed by atoms with Gasteiger partial charge in [-0.05, 0) is 25.0 Å². The Morgan fingerprint density at radius 3 is 2.59 bits per heavy atom. The van der Waals surface area contributed by atoms with Crippen molar-refractivity contribution in [2.45, 2.75) is 19.4 Å². The Balaban J connectivity index is 0.00000441. The van der Waals surface area contributed by atoms with Gasteiger partial charge in [-0.25, -0.2) is 0 Å². The molecule has 0 fully saturated rings. The monoisotopic (exact) mass is 329 g/mol. The number of carbonyl (C=O) groups excluding carboxylic acids is 2. The zero-order chi connectivity index (χ0) is 15.8. The number of para-hydroxylation sites is 1. The number of hydrogen-bond acceptors (Lipinski definition) is 4. The van der Waals surface area contributed by atoms with Crippen LogP contribution in [0.4, 0.5) is 0 Å². The molecule has 1 atom stereocenters. The molecule has 1 unspecified atom stereocenters. The fourth-order valence-corrected chi connectivity index (χ4v) is 1.94. The molecule has 0 saturated carbocycles. The van der Waals surface area contributed by atoms with E-state index in [0.29, 0.717) is 6.42 Å². The molecule has 22 heavy (non-hydrogen) atoms. The van der Waals surface area contributed by atoms with Gasteiger partial charge >= 0.3 is 0 Å². The Kier molecular flexibility index (Phi) is 9.21. The van der Waals surface area contributed by atoms with Gasteiger partial charge in [0.2, 0.25) is 11.8 Å². The molecule has 2 amide bonds. The molecular formula is C15H24ClN3O3. The number of rotatable bonds is 7. The van der Waals surface area contributed by atoms with Gasteiger partial charge < -0.3 is 20.7 Å². The summed E-state index contributed by atoms with van der Waals surface area (Å²) in [6, 6.07) is 7.70. The van der Waals surface area contributed by atoms with Crippen molar-refractivity contribution in [3.63, 3.8) is 0 Å². The number of benzene rings is 1.